The maximum absolute atomic E-state index is 13.8. The third-order valence-corrected chi connectivity index (χ3v) is 5.69. The number of nitro groups is 1. The number of nitrogens with zero attached hydrogens (tertiary/aromatic N) is 3. The first-order valence-corrected chi connectivity index (χ1v) is 10.1. The lowest BCUT2D eigenvalue weighted by Crippen LogP contribution is -2.19. The van der Waals surface area contributed by atoms with Crippen LogP contribution in [-0.2, 0) is 4.79 Å². The van der Waals surface area contributed by atoms with Crippen molar-refractivity contribution in [2.45, 2.75) is 13.8 Å². The highest BCUT2D eigenvalue weighted by molar-refractivity contribution is 8.18. The number of rotatable bonds is 4. The number of benzene rings is 2. The van der Waals surface area contributed by atoms with E-state index in [4.69, 9.17) is 0 Å². The lowest BCUT2D eigenvalue weighted by molar-refractivity contribution is -0.384. The van der Waals surface area contributed by atoms with Crippen molar-refractivity contribution in [3.8, 4) is 5.69 Å². The molecule has 0 aliphatic carbocycles. The van der Waals surface area contributed by atoms with Gasteiger partial charge in [0.2, 0.25) is 0 Å². The molecule has 1 saturated heterocycles. The summed E-state index contributed by atoms with van der Waals surface area (Å²) >= 11 is 1.13. The minimum Gasteiger partial charge on any atom is -0.318 e. The van der Waals surface area contributed by atoms with Crippen LogP contribution in [0.2, 0.25) is 0 Å². The minimum absolute atomic E-state index is 0.00429. The summed E-state index contributed by atoms with van der Waals surface area (Å²) in [6.07, 6.45) is 1.74. The van der Waals surface area contributed by atoms with E-state index in [9.17, 15) is 19.3 Å². The molecule has 1 aliphatic heterocycles. The summed E-state index contributed by atoms with van der Waals surface area (Å²) in [5.74, 6) is -0.789. The molecule has 1 amide bonds. The van der Waals surface area contributed by atoms with Crippen molar-refractivity contribution in [2.24, 2.45) is 4.99 Å². The summed E-state index contributed by atoms with van der Waals surface area (Å²) in [5.41, 5.74) is 3.32. The van der Waals surface area contributed by atoms with Gasteiger partial charge in [-0.05, 0) is 61.5 Å². The maximum atomic E-state index is 13.8. The van der Waals surface area contributed by atoms with E-state index in [1.807, 2.05) is 24.5 Å². The normalized spacial score (nSPS) is 16.2. The zero-order valence-electron chi connectivity index (χ0n) is 16.6. The smallest absolute Gasteiger partial charge is 0.271 e. The number of amides is 1. The van der Waals surface area contributed by atoms with Gasteiger partial charge in [-0.15, -0.1) is 0 Å². The summed E-state index contributed by atoms with van der Waals surface area (Å²) in [6, 6.07) is 14.4. The molecule has 1 fully saturated rings. The standard InChI is InChI=1S/C22H17FN4O3S/c1-13-10-15(14(2)26(13)16-6-5-7-17(12-16)27(29)30)11-20-21(28)25-22(31-20)24-19-9-4-3-8-18(19)23/h3-12H,1-2H3,(H,24,25,28)/b20-11-. The number of non-ortho nitro benzene ring substituents is 1. The number of hydrogen-bond acceptors (Lipinski definition) is 5. The molecular weight excluding hydrogens is 419 g/mol. The van der Waals surface area contributed by atoms with Crippen LogP contribution in [0.1, 0.15) is 17.0 Å². The molecule has 156 valence electrons. The highest BCUT2D eigenvalue weighted by Gasteiger charge is 2.25. The van der Waals surface area contributed by atoms with Gasteiger partial charge in [0.05, 0.1) is 15.5 Å². The Hall–Kier alpha value is -3.72. The van der Waals surface area contributed by atoms with Gasteiger partial charge in [0.1, 0.15) is 11.5 Å². The molecule has 31 heavy (non-hydrogen) atoms. The fourth-order valence-electron chi connectivity index (χ4n) is 3.35. The predicted octanol–water partition coefficient (Wildman–Crippen LogP) is 5.03. The fourth-order valence-corrected chi connectivity index (χ4v) is 4.18. The van der Waals surface area contributed by atoms with Crippen molar-refractivity contribution in [1.82, 2.24) is 9.88 Å². The van der Waals surface area contributed by atoms with Crippen LogP contribution in [-0.4, -0.2) is 20.6 Å². The van der Waals surface area contributed by atoms with Crippen LogP contribution < -0.4 is 5.32 Å². The second-order valence-electron chi connectivity index (χ2n) is 6.87. The first-order chi connectivity index (χ1) is 14.8. The molecule has 0 atom stereocenters. The molecule has 2 heterocycles. The van der Waals surface area contributed by atoms with Gasteiger partial charge < -0.3 is 9.88 Å². The van der Waals surface area contributed by atoms with Crippen molar-refractivity contribution in [1.29, 1.82) is 0 Å². The SMILES string of the molecule is Cc1cc(/C=C2\SC(=Nc3ccccc3F)NC2=O)c(C)n1-c1cccc([N+](=O)[O-])c1. The number of aryl methyl sites for hydroxylation is 1. The molecule has 1 aliphatic rings. The molecule has 0 spiro atoms. The van der Waals surface area contributed by atoms with Crippen molar-refractivity contribution in [3.05, 3.63) is 92.4 Å². The van der Waals surface area contributed by atoms with Crippen molar-refractivity contribution in [2.75, 3.05) is 0 Å². The molecular formula is C22H17FN4O3S. The van der Waals surface area contributed by atoms with Gasteiger partial charge in [-0.25, -0.2) is 9.38 Å². The van der Waals surface area contributed by atoms with Gasteiger partial charge in [0.15, 0.2) is 5.17 Å². The van der Waals surface area contributed by atoms with Gasteiger partial charge in [0.25, 0.3) is 11.6 Å². The van der Waals surface area contributed by atoms with Gasteiger partial charge in [-0.1, -0.05) is 18.2 Å². The Morgan fingerprint density at radius 2 is 1.94 bits per heavy atom. The highest BCUT2D eigenvalue weighted by Crippen LogP contribution is 2.31. The summed E-state index contributed by atoms with van der Waals surface area (Å²) in [5, 5.41) is 14.1. The molecule has 1 N–H and O–H groups in total. The molecule has 0 saturated carbocycles. The van der Waals surface area contributed by atoms with Crippen LogP contribution in [0.25, 0.3) is 11.8 Å². The van der Waals surface area contributed by atoms with Crippen LogP contribution in [0.3, 0.4) is 0 Å². The average molecular weight is 436 g/mol. The summed E-state index contributed by atoms with van der Waals surface area (Å²) in [4.78, 5) is 27.7. The zero-order chi connectivity index (χ0) is 22.1. The summed E-state index contributed by atoms with van der Waals surface area (Å²) < 4.78 is 15.7. The first kappa shape index (κ1) is 20.5. The highest BCUT2D eigenvalue weighted by atomic mass is 32.2. The van der Waals surface area contributed by atoms with Crippen molar-refractivity contribution in [3.63, 3.8) is 0 Å². The second kappa shape index (κ2) is 8.19. The molecule has 4 rings (SSSR count). The first-order valence-electron chi connectivity index (χ1n) is 9.31. The maximum Gasteiger partial charge on any atom is 0.271 e. The summed E-state index contributed by atoms with van der Waals surface area (Å²) in [6.45, 7) is 3.77. The van der Waals surface area contributed by atoms with Crippen LogP contribution in [0.4, 0.5) is 15.8 Å². The van der Waals surface area contributed by atoms with Crippen molar-refractivity contribution >= 4 is 40.3 Å². The quantitative estimate of drug-likeness (QED) is 0.353. The molecule has 3 aromatic rings. The number of aromatic nitrogens is 1. The number of carbonyl (C=O) groups excluding carboxylic acids is 1. The van der Waals surface area contributed by atoms with E-state index in [2.05, 4.69) is 10.3 Å². The molecule has 0 radical (unpaired) electrons. The number of para-hydroxylation sites is 1. The third-order valence-electron chi connectivity index (χ3n) is 4.78. The number of aliphatic imine (C=N–C) groups is 1. The number of thioether (sulfide) groups is 1. The van der Waals surface area contributed by atoms with Gasteiger partial charge in [-0.2, -0.15) is 0 Å². The van der Waals surface area contributed by atoms with E-state index < -0.39 is 10.7 Å². The van der Waals surface area contributed by atoms with Gasteiger partial charge in [0, 0.05) is 23.5 Å². The van der Waals surface area contributed by atoms with Crippen LogP contribution in [0.15, 0.2) is 64.5 Å². The van der Waals surface area contributed by atoms with Crippen LogP contribution >= 0.6 is 11.8 Å². The summed E-state index contributed by atoms with van der Waals surface area (Å²) in [7, 11) is 0. The van der Waals surface area contributed by atoms with E-state index in [-0.39, 0.29) is 17.3 Å². The number of amidine groups is 1. The second-order valence-corrected chi connectivity index (χ2v) is 7.90. The lowest BCUT2D eigenvalue weighted by Gasteiger charge is -2.09. The largest absolute Gasteiger partial charge is 0.318 e. The Balaban J connectivity index is 1.66. The Kier molecular flexibility index (Phi) is 5.43. The zero-order valence-corrected chi connectivity index (χ0v) is 17.4. The number of hydrogen-bond donors (Lipinski definition) is 1. The van der Waals surface area contributed by atoms with Crippen LogP contribution in [0, 0.1) is 29.8 Å². The fraction of sp³-hybridized carbons (Fsp3) is 0.0909. The Labute approximate surface area is 181 Å². The van der Waals surface area contributed by atoms with E-state index in [1.54, 1.807) is 30.3 Å². The lowest BCUT2D eigenvalue weighted by atomic mass is 10.2. The topological polar surface area (TPSA) is 89.5 Å². The Morgan fingerprint density at radius 1 is 1.16 bits per heavy atom. The van der Waals surface area contributed by atoms with E-state index in [1.165, 1.54) is 24.3 Å². The van der Waals surface area contributed by atoms with Crippen LogP contribution in [0.5, 0.6) is 0 Å². The molecule has 2 aromatic carbocycles. The molecule has 7 nitrogen and oxygen atoms in total. The minimum atomic E-state index is -0.470. The van der Waals surface area contributed by atoms with Gasteiger partial charge in [-0.3, -0.25) is 14.9 Å². The monoisotopic (exact) mass is 436 g/mol. The van der Waals surface area contributed by atoms with E-state index in [0.29, 0.717) is 15.8 Å². The molecule has 0 bridgehead atoms. The van der Waals surface area contributed by atoms with Gasteiger partial charge >= 0.3 is 0 Å². The molecule has 1 aromatic heterocycles. The molecule has 0 unspecified atom stereocenters. The number of carbonyl (C=O) groups is 1. The van der Waals surface area contributed by atoms with E-state index >= 15 is 0 Å². The van der Waals surface area contributed by atoms with E-state index in [0.717, 1.165) is 28.7 Å². The third kappa shape index (κ3) is 4.13. The average Bonchev–Trinajstić information content (AvgIpc) is 3.22. The Bertz CT molecular complexity index is 1280. The van der Waals surface area contributed by atoms with Crippen molar-refractivity contribution < 1.29 is 14.1 Å². The number of nitrogens with one attached hydrogen (secondary N) is 1. The number of nitro benzene ring substituents is 1. The predicted molar refractivity (Wildman–Crippen MR) is 119 cm³/mol. The Morgan fingerprint density at radius 3 is 2.68 bits per heavy atom. The number of halogens is 1. The molecule has 9 heteroatoms.